The monoisotopic (exact) mass is 281 g/mol. The van der Waals surface area contributed by atoms with Gasteiger partial charge in [0.2, 0.25) is 0 Å². The average molecular weight is 282 g/mol. The van der Waals surface area contributed by atoms with Crippen molar-refractivity contribution in [2.24, 2.45) is 0 Å². The zero-order chi connectivity index (χ0) is 11.6. The van der Waals surface area contributed by atoms with Crippen LogP contribution in [0.4, 0.5) is 0 Å². The van der Waals surface area contributed by atoms with Crippen LogP contribution in [0.5, 0.6) is 0 Å². The molecule has 0 aliphatic rings. The highest BCUT2D eigenvalue weighted by molar-refractivity contribution is 9.09. The molecule has 0 saturated carbocycles. The summed E-state index contributed by atoms with van der Waals surface area (Å²) in [6.45, 7) is 5.41. The molecule has 86 valence electrons. The molecular formula is C12H16BrN3. The van der Waals surface area contributed by atoms with E-state index in [1.807, 2.05) is 0 Å². The van der Waals surface area contributed by atoms with Gasteiger partial charge in [-0.2, -0.15) is 0 Å². The Morgan fingerprint density at radius 1 is 1.44 bits per heavy atom. The van der Waals surface area contributed by atoms with E-state index >= 15 is 0 Å². The summed E-state index contributed by atoms with van der Waals surface area (Å²) in [5, 5.41) is 3.32. The molecule has 0 spiro atoms. The van der Waals surface area contributed by atoms with Gasteiger partial charge in [-0.25, -0.2) is 4.98 Å². The molecule has 0 aliphatic heterocycles. The minimum Gasteiger partial charge on any atom is -0.345 e. The smallest absolute Gasteiger partial charge is 0.0931 e. The molecule has 1 aromatic heterocycles. The molecular weight excluding hydrogens is 266 g/mol. The molecule has 0 atom stereocenters. The Bertz CT molecular complexity index is 476. The highest BCUT2D eigenvalue weighted by Gasteiger charge is 2.20. The quantitative estimate of drug-likeness (QED) is 0.668. The van der Waals surface area contributed by atoms with Crippen LogP contribution < -0.4 is 5.32 Å². The van der Waals surface area contributed by atoms with Crippen molar-refractivity contribution in [2.45, 2.75) is 19.3 Å². The van der Waals surface area contributed by atoms with Gasteiger partial charge in [-0.1, -0.05) is 35.8 Å². The molecule has 3 nitrogen and oxygen atoms in total. The predicted molar refractivity (Wildman–Crippen MR) is 70.9 cm³/mol. The highest BCUT2D eigenvalue weighted by Crippen LogP contribution is 2.24. The Morgan fingerprint density at radius 3 is 3.00 bits per heavy atom. The first-order valence-electron chi connectivity index (χ1n) is 5.34. The van der Waals surface area contributed by atoms with Gasteiger partial charge >= 0.3 is 0 Å². The van der Waals surface area contributed by atoms with Crippen LogP contribution in [0, 0.1) is 0 Å². The van der Waals surface area contributed by atoms with E-state index in [4.69, 9.17) is 0 Å². The van der Waals surface area contributed by atoms with Gasteiger partial charge in [-0.3, -0.25) is 0 Å². The minimum absolute atomic E-state index is 0.118. The molecule has 0 bridgehead atoms. The Morgan fingerprint density at radius 2 is 2.25 bits per heavy atom. The van der Waals surface area contributed by atoms with E-state index in [9.17, 15) is 0 Å². The number of H-pyrrole nitrogens is 1. The summed E-state index contributed by atoms with van der Waals surface area (Å²) in [6.07, 6.45) is 1.73. The third-order valence-corrected chi connectivity index (χ3v) is 3.26. The standard InChI is InChI=1S/C12H16BrN3/c1-12(2,6-14-7-13)9-3-4-10-11(5-9)16-8-15-10/h3-5,8,14H,6-7H2,1-2H3,(H,15,16). The largest absolute Gasteiger partial charge is 0.345 e. The normalized spacial score (nSPS) is 12.2. The Labute approximate surface area is 104 Å². The Kier molecular flexibility index (Phi) is 3.30. The minimum atomic E-state index is 0.118. The summed E-state index contributed by atoms with van der Waals surface area (Å²) in [5.74, 6) is 0. The molecule has 16 heavy (non-hydrogen) atoms. The van der Waals surface area contributed by atoms with Gasteiger partial charge in [0, 0.05) is 12.0 Å². The molecule has 2 rings (SSSR count). The van der Waals surface area contributed by atoms with Gasteiger partial charge in [0.15, 0.2) is 0 Å². The zero-order valence-electron chi connectivity index (χ0n) is 9.55. The van der Waals surface area contributed by atoms with Crippen LogP contribution in [0.2, 0.25) is 0 Å². The molecule has 0 amide bonds. The van der Waals surface area contributed by atoms with Gasteiger partial charge in [0.25, 0.3) is 0 Å². The van der Waals surface area contributed by atoms with Gasteiger partial charge < -0.3 is 10.3 Å². The van der Waals surface area contributed by atoms with Gasteiger partial charge in [0.05, 0.1) is 22.8 Å². The van der Waals surface area contributed by atoms with E-state index in [1.54, 1.807) is 6.33 Å². The number of nitrogens with zero attached hydrogens (tertiary/aromatic N) is 1. The number of imidazole rings is 1. The van der Waals surface area contributed by atoms with Crippen molar-refractivity contribution in [3.63, 3.8) is 0 Å². The Hall–Kier alpha value is -0.870. The van der Waals surface area contributed by atoms with Gasteiger partial charge in [-0.15, -0.1) is 0 Å². The third kappa shape index (κ3) is 2.28. The Balaban J connectivity index is 2.30. The molecule has 4 heteroatoms. The average Bonchev–Trinajstić information content (AvgIpc) is 2.73. The van der Waals surface area contributed by atoms with Crippen molar-refractivity contribution >= 4 is 27.0 Å². The summed E-state index contributed by atoms with van der Waals surface area (Å²) >= 11 is 3.38. The first-order valence-corrected chi connectivity index (χ1v) is 6.46. The molecule has 2 aromatic rings. The fraction of sp³-hybridized carbons (Fsp3) is 0.417. The molecule has 0 unspecified atom stereocenters. The molecule has 0 saturated heterocycles. The first kappa shape index (κ1) is 11.6. The van der Waals surface area contributed by atoms with E-state index in [2.05, 4.69) is 63.3 Å². The van der Waals surface area contributed by atoms with Crippen LogP contribution in [0.25, 0.3) is 11.0 Å². The van der Waals surface area contributed by atoms with Crippen LogP contribution in [-0.4, -0.2) is 22.0 Å². The molecule has 0 fully saturated rings. The topological polar surface area (TPSA) is 40.7 Å². The van der Waals surface area contributed by atoms with Crippen LogP contribution in [0.3, 0.4) is 0 Å². The van der Waals surface area contributed by atoms with E-state index in [0.717, 1.165) is 23.0 Å². The summed E-state index contributed by atoms with van der Waals surface area (Å²) in [4.78, 5) is 7.37. The summed E-state index contributed by atoms with van der Waals surface area (Å²) < 4.78 is 0. The highest BCUT2D eigenvalue weighted by atomic mass is 79.9. The SMILES string of the molecule is CC(C)(CNCBr)c1ccc2nc[nH]c2c1. The summed E-state index contributed by atoms with van der Waals surface area (Å²) in [6, 6.07) is 6.40. The number of aromatic amines is 1. The molecule has 1 heterocycles. The second-order valence-electron chi connectivity index (χ2n) is 4.58. The second-order valence-corrected chi connectivity index (χ2v) is 5.14. The van der Waals surface area contributed by atoms with Crippen molar-refractivity contribution in [1.29, 1.82) is 0 Å². The van der Waals surface area contributed by atoms with E-state index in [0.29, 0.717) is 0 Å². The summed E-state index contributed by atoms with van der Waals surface area (Å²) in [5.41, 5.74) is 4.38. The van der Waals surface area contributed by atoms with Crippen LogP contribution >= 0.6 is 15.9 Å². The number of fused-ring (bicyclic) bond motifs is 1. The van der Waals surface area contributed by atoms with Crippen molar-refractivity contribution in [3.8, 4) is 0 Å². The number of alkyl halides is 1. The number of hydrogen-bond acceptors (Lipinski definition) is 2. The lowest BCUT2D eigenvalue weighted by atomic mass is 9.84. The molecule has 1 aromatic carbocycles. The molecule has 2 N–H and O–H groups in total. The lowest BCUT2D eigenvalue weighted by Gasteiger charge is -2.25. The van der Waals surface area contributed by atoms with Crippen LogP contribution in [-0.2, 0) is 5.41 Å². The van der Waals surface area contributed by atoms with Gasteiger partial charge in [-0.05, 0) is 17.7 Å². The predicted octanol–water partition coefficient (Wildman–Crippen LogP) is 2.78. The number of rotatable bonds is 4. The number of halogens is 1. The maximum atomic E-state index is 4.23. The van der Waals surface area contributed by atoms with Crippen LogP contribution in [0.15, 0.2) is 24.5 Å². The van der Waals surface area contributed by atoms with E-state index < -0.39 is 0 Å². The molecule has 0 radical (unpaired) electrons. The fourth-order valence-corrected chi connectivity index (χ4v) is 2.02. The van der Waals surface area contributed by atoms with Crippen LogP contribution in [0.1, 0.15) is 19.4 Å². The van der Waals surface area contributed by atoms with Crippen molar-refractivity contribution in [3.05, 3.63) is 30.1 Å². The number of aromatic nitrogens is 2. The van der Waals surface area contributed by atoms with E-state index in [1.165, 1.54) is 5.56 Å². The second kappa shape index (κ2) is 4.55. The number of benzene rings is 1. The van der Waals surface area contributed by atoms with Gasteiger partial charge in [0.1, 0.15) is 0 Å². The third-order valence-electron chi connectivity index (χ3n) is 2.86. The maximum absolute atomic E-state index is 4.23. The maximum Gasteiger partial charge on any atom is 0.0931 e. The van der Waals surface area contributed by atoms with Crippen molar-refractivity contribution in [2.75, 3.05) is 12.0 Å². The lowest BCUT2D eigenvalue weighted by Crippen LogP contribution is -2.32. The summed E-state index contributed by atoms with van der Waals surface area (Å²) in [7, 11) is 0. The molecule has 0 aliphatic carbocycles. The van der Waals surface area contributed by atoms with Crippen molar-refractivity contribution in [1.82, 2.24) is 15.3 Å². The van der Waals surface area contributed by atoms with Crippen molar-refractivity contribution < 1.29 is 0 Å². The lowest BCUT2D eigenvalue weighted by molar-refractivity contribution is 0.491. The zero-order valence-corrected chi connectivity index (χ0v) is 11.1. The fourth-order valence-electron chi connectivity index (χ4n) is 1.82. The first-order chi connectivity index (χ1) is 7.63. The van der Waals surface area contributed by atoms with E-state index in [-0.39, 0.29) is 5.41 Å². The number of hydrogen-bond donors (Lipinski definition) is 2. The number of nitrogens with one attached hydrogen (secondary N) is 2.